The molecule has 0 amide bonds. The van der Waals surface area contributed by atoms with Crippen molar-refractivity contribution in [3.63, 3.8) is 0 Å². The van der Waals surface area contributed by atoms with Crippen molar-refractivity contribution < 1.29 is 28.4 Å². The van der Waals surface area contributed by atoms with E-state index in [0.29, 0.717) is 41.3 Å². The van der Waals surface area contributed by atoms with Gasteiger partial charge in [0.15, 0.2) is 6.61 Å². The van der Waals surface area contributed by atoms with Gasteiger partial charge in [0.25, 0.3) is 0 Å². The second-order valence-corrected chi connectivity index (χ2v) is 9.03. The average molecular weight is 500 g/mol. The van der Waals surface area contributed by atoms with Gasteiger partial charge in [0.2, 0.25) is 5.78 Å². The van der Waals surface area contributed by atoms with Crippen LogP contribution in [0.15, 0.2) is 33.9 Å². The van der Waals surface area contributed by atoms with E-state index in [2.05, 4.69) is 14.9 Å². The molecule has 0 aliphatic heterocycles. The van der Waals surface area contributed by atoms with Crippen LogP contribution >= 0.6 is 11.8 Å². The Bertz CT molecular complexity index is 1210. The molecular weight excluding hydrogens is 470 g/mol. The minimum atomic E-state index is -0.611. The summed E-state index contributed by atoms with van der Waals surface area (Å²) < 4.78 is 17.2. The highest BCUT2D eigenvalue weighted by Crippen LogP contribution is 2.27. The summed E-state index contributed by atoms with van der Waals surface area (Å²) in [6.45, 7) is 7.64. The van der Waals surface area contributed by atoms with Crippen molar-refractivity contribution in [2.45, 2.75) is 57.9 Å². The van der Waals surface area contributed by atoms with E-state index < -0.39 is 5.97 Å². The second kappa shape index (κ2) is 11.8. The van der Waals surface area contributed by atoms with Crippen molar-refractivity contribution >= 4 is 29.5 Å². The van der Waals surface area contributed by atoms with Gasteiger partial charge in [0.05, 0.1) is 18.4 Å². The third-order valence-electron chi connectivity index (χ3n) is 5.72. The van der Waals surface area contributed by atoms with Crippen molar-refractivity contribution in [1.29, 1.82) is 0 Å². The molecule has 0 saturated carbocycles. The number of rotatable bonds is 11. The van der Waals surface area contributed by atoms with E-state index in [-0.39, 0.29) is 18.4 Å². The summed E-state index contributed by atoms with van der Waals surface area (Å²) in [5.41, 5.74) is 4.20. The summed E-state index contributed by atoms with van der Waals surface area (Å²) >= 11 is 1.38. The Morgan fingerprint density at radius 1 is 1.14 bits per heavy atom. The molecule has 9 nitrogen and oxygen atoms in total. The second-order valence-electron chi connectivity index (χ2n) is 8.06. The molecule has 0 unspecified atom stereocenters. The lowest BCUT2D eigenvalue weighted by Gasteiger charge is -2.10. The zero-order valence-corrected chi connectivity index (χ0v) is 21.4. The first-order chi connectivity index (χ1) is 16.7. The van der Waals surface area contributed by atoms with Crippen LogP contribution in [0.3, 0.4) is 0 Å². The van der Waals surface area contributed by atoms with Crippen molar-refractivity contribution in [2.75, 3.05) is 13.7 Å². The molecule has 0 fully saturated rings. The van der Waals surface area contributed by atoms with Crippen LogP contribution in [0, 0.1) is 27.7 Å². The summed E-state index contributed by atoms with van der Waals surface area (Å²) in [4.78, 5) is 41.3. The summed E-state index contributed by atoms with van der Waals surface area (Å²) in [6, 6.07) is 5.06. The first-order valence-corrected chi connectivity index (χ1v) is 12.1. The van der Waals surface area contributed by atoms with E-state index >= 15 is 0 Å². The number of hydrogen-bond acceptors (Lipinski definition) is 9. The van der Waals surface area contributed by atoms with Crippen molar-refractivity contribution in [3.05, 3.63) is 63.9 Å². The average Bonchev–Trinajstić information content (AvgIpc) is 3.33. The number of aromatic nitrogens is 3. The van der Waals surface area contributed by atoms with Crippen LogP contribution in [0.2, 0.25) is 0 Å². The van der Waals surface area contributed by atoms with Crippen LogP contribution in [0.25, 0.3) is 0 Å². The number of Topliss-reactive ketones (excluding diaryl/α,β-unsaturated/α-hetero) is 1. The minimum Gasteiger partial charge on any atom is -0.469 e. The smallest absolute Gasteiger partial charge is 0.341 e. The number of carbonyl (C=O) groups is 3. The highest BCUT2D eigenvalue weighted by atomic mass is 32.2. The molecule has 0 spiro atoms. The standard InChI is InChI=1S/C25H29N3O6S/c1-15-12-20(17(3)28(15)11-7-9-23(30)32-5)22(29)13-33-25(31)19-8-6-10-26-24(19)35-14-21-16(2)27-34-18(21)4/h6,8,10,12H,7,9,11,13-14H2,1-5H3. The van der Waals surface area contributed by atoms with Gasteiger partial charge < -0.3 is 18.6 Å². The zero-order chi connectivity index (χ0) is 25.5. The predicted octanol–water partition coefficient (Wildman–Crippen LogP) is 4.39. The first-order valence-electron chi connectivity index (χ1n) is 11.2. The highest BCUT2D eigenvalue weighted by molar-refractivity contribution is 7.98. The van der Waals surface area contributed by atoms with Gasteiger partial charge in [-0.05, 0) is 52.3 Å². The lowest BCUT2D eigenvalue weighted by atomic mass is 10.1. The van der Waals surface area contributed by atoms with Crippen LogP contribution in [-0.4, -0.2) is 46.1 Å². The lowest BCUT2D eigenvalue weighted by Crippen LogP contribution is -2.16. The fourth-order valence-electron chi connectivity index (χ4n) is 3.71. The van der Waals surface area contributed by atoms with Crippen LogP contribution in [0.5, 0.6) is 0 Å². The van der Waals surface area contributed by atoms with E-state index in [1.54, 1.807) is 24.4 Å². The highest BCUT2D eigenvalue weighted by Gasteiger charge is 2.20. The largest absolute Gasteiger partial charge is 0.469 e. The van der Waals surface area contributed by atoms with E-state index in [4.69, 9.17) is 9.26 Å². The fraction of sp³-hybridized carbons (Fsp3) is 0.400. The number of thioether (sulfide) groups is 1. The Kier molecular flexibility index (Phi) is 8.86. The van der Waals surface area contributed by atoms with Crippen molar-refractivity contribution in [2.24, 2.45) is 0 Å². The predicted molar refractivity (Wildman–Crippen MR) is 130 cm³/mol. The maximum Gasteiger partial charge on any atom is 0.341 e. The molecule has 3 heterocycles. The van der Waals surface area contributed by atoms with Gasteiger partial charge in [-0.15, -0.1) is 11.8 Å². The molecule has 0 atom stereocenters. The van der Waals surface area contributed by atoms with E-state index in [9.17, 15) is 14.4 Å². The Morgan fingerprint density at radius 2 is 1.91 bits per heavy atom. The molecule has 0 aliphatic carbocycles. The quantitative estimate of drug-likeness (QED) is 0.215. The van der Waals surface area contributed by atoms with Gasteiger partial charge in [0.1, 0.15) is 10.8 Å². The molecule has 0 saturated heterocycles. The molecule has 0 aromatic carbocycles. The van der Waals surface area contributed by atoms with Crippen LogP contribution in [0.4, 0.5) is 0 Å². The third kappa shape index (κ3) is 6.39. The van der Waals surface area contributed by atoms with Gasteiger partial charge in [-0.3, -0.25) is 9.59 Å². The minimum absolute atomic E-state index is 0.268. The van der Waals surface area contributed by atoms with E-state index in [1.165, 1.54) is 18.9 Å². The van der Waals surface area contributed by atoms with Crippen LogP contribution in [0.1, 0.15) is 62.0 Å². The van der Waals surface area contributed by atoms with Gasteiger partial charge in [-0.2, -0.15) is 0 Å². The summed E-state index contributed by atoms with van der Waals surface area (Å²) in [6.07, 6.45) is 2.50. The SMILES string of the molecule is COC(=O)CCCn1c(C)cc(C(=O)COC(=O)c2cccnc2SCc2c(C)noc2C)c1C. The number of methoxy groups -OCH3 is 1. The maximum atomic E-state index is 12.8. The topological polar surface area (TPSA) is 114 Å². The third-order valence-corrected chi connectivity index (χ3v) is 6.76. The van der Waals surface area contributed by atoms with Crippen LogP contribution in [-0.2, 0) is 26.6 Å². The Hall–Kier alpha value is -3.40. The van der Waals surface area contributed by atoms with E-state index in [1.807, 2.05) is 32.3 Å². The van der Waals surface area contributed by atoms with Gasteiger partial charge in [-0.25, -0.2) is 9.78 Å². The van der Waals surface area contributed by atoms with Gasteiger partial charge in [0, 0.05) is 47.4 Å². The van der Waals surface area contributed by atoms with Gasteiger partial charge in [-0.1, -0.05) is 5.16 Å². The lowest BCUT2D eigenvalue weighted by molar-refractivity contribution is -0.140. The molecule has 0 aliphatic rings. The maximum absolute atomic E-state index is 12.8. The molecule has 35 heavy (non-hydrogen) atoms. The fourth-order valence-corrected chi connectivity index (χ4v) is 4.84. The summed E-state index contributed by atoms with van der Waals surface area (Å²) in [5, 5.41) is 4.45. The number of hydrogen-bond donors (Lipinski definition) is 0. The number of ether oxygens (including phenoxy) is 2. The normalized spacial score (nSPS) is 10.9. The molecular formula is C25H29N3O6S. The van der Waals surface area contributed by atoms with E-state index in [0.717, 1.165) is 28.4 Å². The number of aryl methyl sites for hydroxylation is 3. The molecule has 3 rings (SSSR count). The number of ketones is 1. The number of nitrogens with zero attached hydrogens (tertiary/aromatic N) is 3. The summed E-state index contributed by atoms with van der Waals surface area (Å²) in [7, 11) is 1.36. The zero-order valence-electron chi connectivity index (χ0n) is 20.5. The molecule has 0 bridgehead atoms. The first kappa shape index (κ1) is 26.2. The summed E-state index contributed by atoms with van der Waals surface area (Å²) in [5.74, 6) is 0.0947. The number of carbonyl (C=O) groups excluding carboxylic acids is 3. The van der Waals surface area contributed by atoms with Crippen molar-refractivity contribution in [3.8, 4) is 0 Å². The Labute approximate surface area is 208 Å². The molecule has 186 valence electrons. The molecule has 0 radical (unpaired) electrons. The van der Waals surface area contributed by atoms with Gasteiger partial charge >= 0.3 is 11.9 Å². The monoisotopic (exact) mass is 499 g/mol. The molecule has 0 N–H and O–H groups in total. The number of pyridine rings is 1. The van der Waals surface area contributed by atoms with Crippen molar-refractivity contribution in [1.82, 2.24) is 14.7 Å². The molecule has 3 aromatic rings. The molecule has 3 aromatic heterocycles. The number of esters is 2. The Morgan fingerprint density at radius 3 is 2.60 bits per heavy atom. The Balaban J connectivity index is 1.62. The molecule has 10 heteroatoms. The van der Waals surface area contributed by atoms with Crippen LogP contribution < -0.4 is 0 Å².